The third-order valence-electron chi connectivity index (χ3n) is 4.75. The Hall–Kier alpha value is -2.44. The predicted molar refractivity (Wildman–Crippen MR) is 123 cm³/mol. The number of hydrogen-bond donors (Lipinski definition) is 1. The van der Waals surface area contributed by atoms with Crippen LogP contribution < -0.4 is 14.8 Å². The highest BCUT2D eigenvalue weighted by atomic mass is 35.5. The van der Waals surface area contributed by atoms with E-state index in [1.54, 1.807) is 32.2 Å². The molecular weight excluding hydrogens is 439 g/mol. The first kappa shape index (κ1) is 24.8. The molecule has 168 valence electrons. The maximum absolute atomic E-state index is 13.0. The molecule has 0 heterocycles. The SMILES string of the molecule is CCCCNC(=O)[C@H](C)N(Cc1ccc(OC)cc1)C(=O)COc1ccc(Cl)cc1Cl. The van der Waals surface area contributed by atoms with Crippen LogP contribution in [-0.4, -0.2) is 43.0 Å². The van der Waals surface area contributed by atoms with E-state index >= 15 is 0 Å². The second-order valence-electron chi connectivity index (χ2n) is 7.05. The van der Waals surface area contributed by atoms with Crippen molar-refractivity contribution in [1.29, 1.82) is 0 Å². The van der Waals surface area contributed by atoms with Crippen LogP contribution in [-0.2, 0) is 16.1 Å². The molecule has 1 N–H and O–H groups in total. The Morgan fingerprint density at radius 2 is 1.84 bits per heavy atom. The van der Waals surface area contributed by atoms with Gasteiger partial charge in [-0.1, -0.05) is 48.7 Å². The highest BCUT2D eigenvalue weighted by Gasteiger charge is 2.26. The molecule has 2 aromatic rings. The van der Waals surface area contributed by atoms with Crippen LogP contribution in [0.5, 0.6) is 11.5 Å². The lowest BCUT2D eigenvalue weighted by atomic mass is 10.1. The number of nitrogens with one attached hydrogen (secondary N) is 1. The van der Waals surface area contributed by atoms with Crippen LogP contribution >= 0.6 is 23.2 Å². The van der Waals surface area contributed by atoms with Gasteiger partial charge in [-0.25, -0.2) is 0 Å². The largest absolute Gasteiger partial charge is 0.497 e. The number of rotatable bonds is 11. The number of methoxy groups -OCH3 is 1. The van der Waals surface area contributed by atoms with Crippen molar-refractivity contribution < 1.29 is 19.1 Å². The van der Waals surface area contributed by atoms with Gasteiger partial charge in [-0.15, -0.1) is 0 Å². The maximum atomic E-state index is 13.0. The molecule has 0 fully saturated rings. The average molecular weight is 467 g/mol. The Morgan fingerprint density at radius 3 is 2.45 bits per heavy atom. The molecule has 2 amide bonds. The second kappa shape index (κ2) is 12.4. The van der Waals surface area contributed by atoms with Crippen LogP contribution in [0.3, 0.4) is 0 Å². The number of unbranched alkanes of at least 4 members (excludes halogenated alkanes) is 1. The summed E-state index contributed by atoms with van der Waals surface area (Å²) in [7, 11) is 1.59. The molecule has 0 saturated carbocycles. The van der Waals surface area contributed by atoms with Gasteiger partial charge in [0.25, 0.3) is 5.91 Å². The summed E-state index contributed by atoms with van der Waals surface area (Å²) in [5, 5.41) is 3.67. The lowest BCUT2D eigenvalue weighted by molar-refractivity contribution is -0.142. The van der Waals surface area contributed by atoms with E-state index in [-0.39, 0.29) is 25.0 Å². The summed E-state index contributed by atoms with van der Waals surface area (Å²) in [6, 6.07) is 11.5. The van der Waals surface area contributed by atoms with Crippen LogP contribution in [0.15, 0.2) is 42.5 Å². The van der Waals surface area contributed by atoms with E-state index in [0.29, 0.717) is 28.1 Å². The molecule has 0 aliphatic heterocycles. The fraction of sp³-hybridized carbons (Fsp3) is 0.391. The van der Waals surface area contributed by atoms with E-state index in [1.165, 1.54) is 4.90 Å². The Kier molecular flexibility index (Phi) is 9.95. The summed E-state index contributed by atoms with van der Waals surface area (Å²) in [6.07, 6.45) is 1.85. The van der Waals surface area contributed by atoms with Crippen molar-refractivity contribution in [3.8, 4) is 11.5 Å². The Bertz CT molecular complexity index is 874. The summed E-state index contributed by atoms with van der Waals surface area (Å²) >= 11 is 12.0. The first-order valence-corrected chi connectivity index (χ1v) is 10.9. The van der Waals surface area contributed by atoms with Crippen molar-refractivity contribution in [2.24, 2.45) is 0 Å². The van der Waals surface area contributed by atoms with Crippen molar-refractivity contribution in [2.75, 3.05) is 20.3 Å². The van der Waals surface area contributed by atoms with E-state index in [0.717, 1.165) is 18.4 Å². The van der Waals surface area contributed by atoms with Gasteiger partial charge in [0.05, 0.1) is 12.1 Å². The van der Waals surface area contributed by atoms with Gasteiger partial charge in [-0.3, -0.25) is 9.59 Å². The summed E-state index contributed by atoms with van der Waals surface area (Å²) in [4.78, 5) is 27.1. The summed E-state index contributed by atoms with van der Waals surface area (Å²) in [5.41, 5.74) is 0.867. The Balaban J connectivity index is 2.13. The first-order chi connectivity index (χ1) is 14.8. The van der Waals surface area contributed by atoms with Gasteiger partial charge in [0.1, 0.15) is 17.5 Å². The smallest absolute Gasteiger partial charge is 0.261 e. The van der Waals surface area contributed by atoms with Crippen LogP contribution in [0.2, 0.25) is 10.0 Å². The molecule has 0 aromatic heterocycles. The molecule has 0 saturated heterocycles. The monoisotopic (exact) mass is 466 g/mol. The number of ether oxygens (including phenoxy) is 2. The molecule has 0 unspecified atom stereocenters. The number of nitrogens with zero attached hydrogens (tertiary/aromatic N) is 1. The summed E-state index contributed by atoms with van der Waals surface area (Å²) in [6.45, 7) is 4.32. The molecule has 0 radical (unpaired) electrons. The third-order valence-corrected chi connectivity index (χ3v) is 5.28. The number of benzene rings is 2. The lowest BCUT2D eigenvalue weighted by Gasteiger charge is -2.29. The first-order valence-electron chi connectivity index (χ1n) is 10.1. The van der Waals surface area contributed by atoms with Gasteiger partial charge in [-0.05, 0) is 49.2 Å². The molecule has 2 rings (SSSR count). The quantitative estimate of drug-likeness (QED) is 0.486. The van der Waals surface area contributed by atoms with E-state index in [4.69, 9.17) is 32.7 Å². The van der Waals surface area contributed by atoms with Crippen LogP contribution in [0.4, 0.5) is 0 Å². The Morgan fingerprint density at radius 1 is 1.13 bits per heavy atom. The van der Waals surface area contributed by atoms with Gasteiger partial charge in [-0.2, -0.15) is 0 Å². The molecule has 0 bridgehead atoms. The van der Waals surface area contributed by atoms with Crippen LogP contribution in [0, 0.1) is 0 Å². The molecule has 0 spiro atoms. The molecule has 1 atom stereocenters. The Labute approximate surface area is 193 Å². The third kappa shape index (κ3) is 7.64. The minimum absolute atomic E-state index is 0.208. The van der Waals surface area contributed by atoms with Crippen molar-refractivity contribution >= 4 is 35.0 Å². The van der Waals surface area contributed by atoms with E-state index in [2.05, 4.69) is 5.32 Å². The minimum Gasteiger partial charge on any atom is -0.497 e. The van der Waals surface area contributed by atoms with E-state index in [1.807, 2.05) is 31.2 Å². The fourth-order valence-corrected chi connectivity index (χ4v) is 3.32. The predicted octanol–water partition coefficient (Wildman–Crippen LogP) is 4.71. The van der Waals surface area contributed by atoms with Crippen molar-refractivity contribution in [2.45, 2.75) is 39.3 Å². The summed E-state index contributed by atoms with van der Waals surface area (Å²) in [5.74, 6) is 0.524. The molecule has 8 heteroatoms. The number of amides is 2. The molecule has 2 aromatic carbocycles. The highest BCUT2D eigenvalue weighted by molar-refractivity contribution is 6.35. The number of hydrogen-bond acceptors (Lipinski definition) is 4. The van der Waals surface area contributed by atoms with Gasteiger partial charge in [0.15, 0.2) is 6.61 Å². The zero-order valence-corrected chi connectivity index (χ0v) is 19.5. The van der Waals surface area contributed by atoms with Gasteiger partial charge < -0.3 is 19.7 Å². The van der Waals surface area contributed by atoms with Gasteiger partial charge in [0, 0.05) is 18.1 Å². The minimum atomic E-state index is -0.671. The zero-order valence-electron chi connectivity index (χ0n) is 18.0. The van der Waals surface area contributed by atoms with Crippen molar-refractivity contribution in [1.82, 2.24) is 10.2 Å². The lowest BCUT2D eigenvalue weighted by Crippen LogP contribution is -2.49. The standard InChI is InChI=1S/C23H28Cl2N2O4/c1-4-5-12-26-23(29)16(2)27(14-17-6-9-19(30-3)10-7-17)22(28)15-31-21-11-8-18(24)13-20(21)25/h6-11,13,16H,4-5,12,14-15H2,1-3H3,(H,26,29)/t16-/m0/s1. The normalized spacial score (nSPS) is 11.5. The average Bonchev–Trinajstić information content (AvgIpc) is 2.76. The molecular formula is C23H28Cl2N2O4. The maximum Gasteiger partial charge on any atom is 0.261 e. The molecule has 31 heavy (non-hydrogen) atoms. The van der Waals surface area contributed by atoms with E-state index < -0.39 is 6.04 Å². The molecule has 0 aliphatic carbocycles. The van der Waals surface area contributed by atoms with Crippen molar-refractivity contribution in [3.63, 3.8) is 0 Å². The number of carbonyl (C=O) groups excluding carboxylic acids is 2. The number of halogens is 2. The van der Waals surface area contributed by atoms with E-state index in [9.17, 15) is 9.59 Å². The summed E-state index contributed by atoms with van der Waals surface area (Å²) < 4.78 is 10.8. The van der Waals surface area contributed by atoms with Crippen LogP contribution in [0.25, 0.3) is 0 Å². The fourth-order valence-electron chi connectivity index (χ4n) is 2.86. The van der Waals surface area contributed by atoms with Gasteiger partial charge in [0.2, 0.25) is 5.91 Å². The zero-order chi connectivity index (χ0) is 22.8. The topological polar surface area (TPSA) is 67.9 Å². The van der Waals surface area contributed by atoms with Crippen molar-refractivity contribution in [3.05, 3.63) is 58.1 Å². The molecule has 6 nitrogen and oxygen atoms in total. The van der Waals surface area contributed by atoms with Crippen LogP contribution in [0.1, 0.15) is 32.3 Å². The highest BCUT2D eigenvalue weighted by Crippen LogP contribution is 2.27. The number of carbonyl (C=O) groups is 2. The van der Waals surface area contributed by atoms with Gasteiger partial charge >= 0.3 is 0 Å². The molecule has 0 aliphatic rings. The second-order valence-corrected chi connectivity index (χ2v) is 7.90.